The molecule has 0 aliphatic heterocycles. The second-order valence-electron chi connectivity index (χ2n) is 3.55. The number of anilines is 1. The number of nitrogens with one attached hydrogen (secondary N) is 1. The lowest BCUT2D eigenvalue weighted by molar-refractivity contribution is 0.0958. The van der Waals surface area contributed by atoms with E-state index >= 15 is 0 Å². The van der Waals surface area contributed by atoms with Crippen molar-refractivity contribution in [3.05, 3.63) is 48.3 Å². The van der Waals surface area contributed by atoms with Gasteiger partial charge in [0.15, 0.2) is 0 Å². The Kier molecular flexibility index (Phi) is 3.05. The molecule has 18 heavy (non-hydrogen) atoms. The minimum absolute atomic E-state index is 0.191. The molecule has 0 spiro atoms. The van der Waals surface area contributed by atoms with E-state index in [9.17, 15) is 4.79 Å². The number of rotatable bonds is 3. The molecule has 1 heterocycles. The highest BCUT2D eigenvalue weighted by atomic mass is 16.5. The third-order valence-electron chi connectivity index (χ3n) is 2.24. The normalized spacial score (nSPS) is 10.6. The van der Waals surface area contributed by atoms with Crippen LogP contribution >= 0.6 is 0 Å². The van der Waals surface area contributed by atoms with Crippen molar-refractivity contribution < 1.29 is 10.9 Å². The van der Waals surface area contributed by atoms with E-state index in [4.69, 9.17) is 11.8 Å². The maximum Gasteiger partial charge on any atom is 0.269 e. The van der Waals surface area contributed by atoms with Gasteiger partial charge in [-0.2, -0.15) is 0 Å². The average Bonchev–Trinajstić information content (AvgIpc) is 2.42. The highest BCUT2D eigenvalue weighted by molar-refractivity contribution is 5.92. The molecule has 5 nitrogen and oxygen atoms in total. The first-order chi connectivity index (χ1) is 9.19. The highest BCUT2D eigenvalue weighted by Gasteiger charge is 2.06. The van der Waals surface area contributed by atoms with Crippen LogP contribution in [0.3, 0.4) is 0 Å². The van der Waals surface area contributed by atoms with Crippen molar-refractivity contribution in [1.82, 2.24) is 10.3 Å². The van der Waals surface area contributed by atoms with Gasteiger partial charge in [0, 0.05) is 26.3 Å². The van der Waals surface area contributed by atoms with Crippen molar-refractivity contribution in [2.75, 3.05) is 12.8 Å². The second-order valence-corrected chi connectivity index (χ2v) is 3.55. The lowest BCUT2D eigenvalue weighted by atomic mass is 10.3. The third kappa shape index (κ3) is 2.76. The standard InChI is InChI=1S/C13H13N3O2/c1-15-13(17)12-8-11(6-7-16-12)18-10-4-2-9(14)3-5-10/h2-8H,14H2,1H3,(H,15,17)/i1D. The molecule has 1 aromatic carbocycles. The fourth-order valence-electron chi connectivity index (χ4n) is 1.36. The van der Waals surface area contributed by atoms with Crippen LogP contribution in [-0.4, -0.2) is 17.9 Å². The van der Waals surface area contributed by atoms with Gasteiger partial charge >= 0.3 is 0 Å². The number of hydrogen-bond donors (Lipinski definition) is 2. The summed E-state index contributed by atoms with van der Waals surface area (Å²) in [6.45, 7) is 0. The van der Waals surface area contributed by atoms with Crippen LogP contribution in [0.5, 0.6) is 11.5 Å². The predicted molar refractivity (Wildman–Crippen MR) is 68.6 cm³/mol. The molecular weight excluding hydrogens is 230 g/mol. The number of amides is 1. The zero-order chi connectivity index (χ0) is 13.7. The van der Waals surface area contributed by atoms with Gasteiger partial charge in [-0.3, -0.25) is 9.78 Å². The van der Waals surface area contributed by atoms with Crippen LogP contribution in [0.15, 0.2) is 42.6 Å². The number of nitrogen functional groups attached to an aromatic ring is 1. The summed E-state index contributed by atoms with van der Waals surface area (Å²) in [6.07, 6.45) is 1.48. The Hall–Kier alpha value is -2.56. The number of aromatic nitrogens is 1. The molecule has 92 valence electrons. The molecule has 0 saturated carbocycles. The van der Waals surface area contributed by atoms with Crippen LogP contribution in [-0.2, 0) is 0 Å². The van der Waals surface area contributed by atoms with Crippen LogP contribution in [0.1, 0.15) is 11.9 Å². The van der Waals surface area contributed by atoms with E-state index < -0.39 is 5.91 Å². The molecule has 0 bridgehead atoms. The first kappa shape index (κ1) is 10.6. The van der Waals surface area contributed by atoms with Crippen molar-refractivity contribution in [1.29, 1.82) is 0 Å². The van der Waals surface area contributed by atoms with E-state index in [0.29, 0.717) is 17.2 Å². The Labute approximate surface area is 106 Å². The maximum atomic E-state index is 11.5. The molecule has 0 unspecified atom stereocenters. The average molecular weight is 244 g/mol. The highest BCUT2D eigenvalue weighted by Crippen LogP contribution is 2.22. The van der Waals surface area contributed by atoms with Gasteiger partial charge in [0.25, 0.3) is 5.91 Å². The summed E-state index contributed by atoms with van der Waals surface area (Å²) in [6, 6.07) is 10.1. The largest absolute Gasteiger partial charge is 0.457 e. The third-order valence-corrected chi connectivity index (χ3v) is 2.24. The van der Waals surface area contributed by atoms with E-state index in [2.05, 4.69) is 10.3 Å². The fourth-order valence-corrected chi connectivity index (χ4v) is 1.36. The number of ether oxygens (including phenoxy) is 1. The molecule has 1 aromatic heterocycles. The molecule has 0 radical (unpaired) electrons. The smallest absolute Gasteiger partial charge is 0.269 e. The van der Waals surface area contributed by atoms with Crippen LogP contribution in [0, 0.1) is 0 Å². The van der Waals surface area contributed by atoms with Gasteiger partial charge in [-0.1, -0.05) is 0 Å². The number of carbonyl (C=O) groups excluding carboxylic acids is 1. The SMILES string of the molecule is [2H]CNC(=O)c1cc(Oc2ccc(N)cc2)ccn1. The molecule has 0 aliphatic carbocycles. The van der Waals surface area contributed by atoms with E-state index in [0.717, 1.165) is 0 Å². The Morgan fingerprint density at radius 1 is 1.33 bits per heavy atom. The molecule has 3 N–H and O–H groups in total. The van der Waals surface area contributed by atoms with E-state index in [1.807, 2.05) is 0 Å². The molecule has 5 heteroatoms. The predicted octanol–water partition coefficient (Wildman–Crippen LogP) is 1.82. The van der Waals surface area contributed by atoms with Gasteiger partial charge in [0.05, 0.1) is 0 Å². The van der Waals surface area contributed by atoms with Crippen LogP contribution in [0.2, 0.25) is 0 Å². The van der Waals surface area contributed by atoms with Gasteiger partial charge in [0.2, 0.25) is 0 Å². The Morgan fingerprint density at radius 2 is 2.11 bits per heavy atom. The first-order valence-electron chi connectivity index (χ1n) is 5.96. The summed E-state index contributed by atoms with van der Waals surface area (Å²) in [5, 5.41) is 2.35. The van der Waals surface area contributed by atoms with Gasteiger partial charge in [0.1, 0.15) is 17.2 Å². The lowest BCUT2D eigenvalue weighted by Crippen LogP contribution is -2.18. The Morgan fingerprint density at radius 3 is 2.83 bits per heavy atom. The quantitative estimate of drug-likeness (QED) is 0.807. The van der Waals surface area contributed by atoms with Crippen molar-refractivity contribution >= 4 is 11.6 Å². The first-order valence-corrected chi connectivity index (χ1v) is 5.26. The molecule has 2 aromatic rings. The number of benzene rings is 1. The maximum absolute atomic E-state index is 11.5. The second kappa shape index (κ2) is 5.18. The number of carbonyl (C=O) groups is 1. The minimum atomic E-state index is -0.405. The molecule has 0 saturated heterocycles. The molecule has 0 atom stereocenters. The van der Waals surface area contributed by atoms with Gasteiger partial charge in [-0.25, -0.2) is 0 Å². The van der Waals surface area contributed by atoms with Crippen molar-refractivity contribution in [2.45, 2.75) is 0 Å². The zero-order valence-electron chi connectivity index (χ0n) is 10.6. The Balaban J connectivity index is 2.15. The van der Waals surface area contributed by atoms with Gasteiger partial charge in [-0.15, -0.1) is 0 Å². The van der Waals surface area contributed by atoms with Crippen LogP contribution in [0.25, 0.3) is 0 Å². The Bertz CT molecular complexity index is 572. The summed E-state index contributed by atoms with van der Waals surface area (Å²) < 4.78 is 12.5. The summed E-state index contributed by atoms with van der Waals surface area (Å²) in [5.74, 6) is 0.708. The lowest BCUT2D eigenvalue weighted by Gasteiger charge is -2.06. The van der Waals surface area contributed by atoms with Gasteiger partial charge in [-0.05, 0) is 30.3 Å². The number of nitrogens with two attached hydrogens (primary N) is 1. The van der Waals surface area contributed by atoms with Crippen molar-refractivity contribution in [2.24, 2.45) is 0 Å². The van der Waals surface area contributed by atoms with E-state index in [-0.39, 0.29) is 12.7 Å². The van der Waals surface area contributed by atoms with Gasteiger partial charge < -0.3 is 15.8 Å². The molecule has 0 fully saturated rings. The fraction of sp³-hybridized carbons (Fsp3) is 0.0769. The summed E-state index contributed by atoms with van der Waals surface area (Å²) in [7, 11) is -0.191. The van der Waals surface area contributed by atoms with Crippen LogP contribution < -0.4 is 15.8 Å². The van der Waals surface area contributed by atoms with E-state index in [1.165, 1.54) is 12.3 Å². The molecule has 0 aliphatic rings. The van der Waals surface area contributed by atoms with Crippen molar-refractivity contribution in [3.63, 3.8) is 0 Å². The van der Waals surface area contributed by atoms with Crippen molar-refractivity contribution in [3.8, 4) is 11.5 Å². The minimum Gasteiger partial charge on any atom is -0.457 e. The summed E-state index contributed by atoms with van der Waals surface area (Å²) in [4.78, 5) is 15.4. The molecular formula is C13H13N3O2. The summed E-state index contributed by atoms with van der Waals surface area (Å²) in [5.41, 5.74) is 6.44. The zero-order valence-corrected chi connectivity index (χ0v) is 9.59. The number of pyridine rings is 1. The summed E-state index contributed by atoms with van der Waals surface area (Å²) >= 11 is 0. The molecule has 1 amide bonds. The molecule has 2 rings (SSSR count). The van der Waals surface area contributed by atoms with Crippen LogP contribution in [0.4, 0.5) is 5.69 Å². The van der Waals surface area contributed by atoms with E-state index in [1.54, 1.807) is 30.3 Å². The monoisotopic (exact) mass is 244 g/mol. The topological polar surface area (TPSA) is 77.2 Å². The number of nitrogens with zero attached hydrogens (tertiary/aromatic N) is 1. The number of hydrogen-bond acceptors (Lipinski definition) is 4.